The molecule has 1 aliphatic heterocycles. The molecule has 0 bridgehead atoms. The van der Waals surface area contributed by atoms with E-state index in [1.807, 2.05) is 35.4 Å². The van der Waals surface area contributed by atoms with Crippen LogP contribution in [-0.2, 0) is 11.3 Å². The summed E-state index contributed by atoms with van der Waals surface area (Å²) in [6.07, 6.45) is 1.94. The summed E-state index contributed by atoms with van der Waals surface area (Å²) < 4.78 is 5.46. The lowest BCUT2D eigenvalue weighted by molar-refractivity contribution is -0.885. The zero-order valence-electron chi connectivity index (χ0n) is 16.5. The molecule has 1 aliphatic rings. The molecule has 6 heteroatoms. The first-order valence-electron chi connectivity index (χ1n) is 9.51. The summed E-state index contributed by atoms with van der Waals surface area (Å²) in [7, 11) is 3.76. The van der Waals surface area contributed by atoms with E-state index in [4.69, 9.17) is 4.74 Å². The highest BCUT2D eigenvalue weighted by Gasteiger charge is 2.27. The standard InChI is InChI=1S/C21H28N4O2/c1-17-7-8-19(27-3)18(14-17)15-23(2)16-21(26)25-12-10-24(11-13-25)20-6-4-5-9-22-20/h4-9,14H,10-13,15-16H2,1-3H3/p+2. The van der Waals surface area contributed by atoms with E-state index in [1.54, 1.807) is 7.11 Å². The van der Waals surface area contributed by atoms with E-state index in [9.17, 15) is 4.79 Å². The van der Waals surface area contributed by atoms with Crippen molar-refractivity contribution in [3.8, 4) is 5.75 Å². The molecule has 1 aromatic carbocycles. The van der Waals surface area contributed by atoms with E-state index in [0.717, 1.165) is 49.9 Å². The number of benzene rings is 1. The van der Waals surface area contributed by atoms with Gasteiger partial charge in [-0.05, 0) is 25.1 Å². The van der Waals surface area contributed by atoms with Crippen LogP contribution in [0.25, 0.3) is 0 Å². The van der Waals surface area contributed by atoms with Gasteiger partial charge in [0.25, 0.3) is 11.7 Å². The fraction of sp³-hybridized carbons (Fsp3) is 0.429. The lowest BCUT2D eigenvalue weighted by atomic mass is 10.1. The molecule has 1 fully saturated rings. The van der Waals surface area contributed by atoms with Gasteiger partial charge >= 0.3 is 0 Å². The third-order valence-corrected chi connectivity index (χ3v) is 5.05. The summed E-state index contributed by atoms with van der Waals surface area (Å²) in [5.41, 5.74) is 2.35. The molecule has 1 amide bonds. The van der Waals surface area contributed by atoms with Gasteiger partial charge in [0.1, 0.15) is 25.4 Å². The number of rotatable bonds is 6. The number of piperazine rings is 1. The first kappa shape index (κ1) is 19.2. The Morgan fingerprint density at radius 2 is 1.96 bits per heavy atom. The van der Waals surface area contributed by atoms with E-state index in [2.05, 4.69) is 36.0 Å². The van der Waals surface area contributed by atoms with E-state index in [-0.39, 0.29) is 5.91 Å². The normalized spacial score (nSPS) is 15.5. The van der Waals surface area contributed by atoms with Crippen LogP contribution in [0.2, 0.25) is 0 Å². The number of amides is 1. The van der Waals surface area contributed by atoms with Gasteiger partial charge in [-0.25, -0.2) is 4.98 Å². The SMILES string of the molecule is COc1ccc(C)cc1C[NH+](C)CC(=O)N1CCN(c2cccc[nH+]2)CC1. The monoisotopic (exact) mass is 370 g/mol. The lowest BCUT2D eigenvalue weighted by Gasteiger charge is -2.31. The topological polar surface area (TPSA) is 51.4 Å². The fourth-order valence-electron chi connectivity index (χ4n) is 3.58. The Morgan fingerprint density at radius 3 is 2.63 bits per heavy atom. The Bertz CT molecular complexity index is 758. The summed E-state index contributed by atoms with van der Waals surface area (Å²) in [6, 6.07) is 12.3. The van der Waals surface area contributed by atoms with Gasteiger partial charge in [-0.1, -0.05) is 17.7 Å². The first-order chi connectivity index (χ1) is 13.1. The number of aromatic nitrogens is 1. The number of hydrogen-bond acceptors (Lipinski definition) is 3. The molecular weight excluding hydrogens is 340 g/mol. The number of nitrogens with zero attached hydrogens (tertiary/aromatic N) is 2. The number of methoxy groups -OCH3 is 1. The molecule has 2 heterocycles. The summed E-state index contributed by atoms with van der Waals surface area (Å²) in [4.78, 5) is 21.4. The molecule has 0 aliphatic carbocycles. The number of aromatic amines is 1. The van der Waals surface area contributed by atoms with Crippen molar-refractivity contribution in [1.29, 1.82) is 0 Å². The summed E-state index contributed by atoms with van der Waals surface area (Å²) in [6.45, 7) is 6.59. The van der Waals surface area contributed by atoms with Crippen LogP contribution in [0.3, 0.4) is 0 Å². The van der Waals surface area contributed by atoms with Crippen molar-refractivity contribution >= 4 is 11.7 Å². The second kappa shape index (κ2) is 8.86. The second-order valence-electron chi connectivity index (χ2n) is 7.24. The highest BCUT2D eigenvalue weighted by Crippen LogP contribution is 2.18. The first-order valence-corrected chi connectivity index (χ1v) is 9.51. The maximum absolute atomic E-state index is 12.7. The molecular formula is C21H30N4O2+2. The zero-order chi connectivity index (χ0) is 19.2. The number of nitrogens with one attached hydrogen (secondary N) is 2. The van der Waals surface area contributed by atoms with Crippen molar-refractivity contribution in [3.05, 3.63) is 53.7 Å². The minimum Gasteiger partial charge on any atom is -0.496 e. The van der Waals surface area contributed by atoms with Crippen molar-refractivity contribution < 1.29 is 19.4 Å². The van der Waals surface area contributed by atoms with Gasteiger partial charge in [-0.3, -0.25) is 9.69 Å². The zero-order valence-corrected chi connectivity index (χ0v) is 16.5. The van der Waals surface area contributed by atoms with Crippen LogP contribution in [0.4, 0.5) is 5.82 Å². The van der Waals surface area contributed by atoms with Gasteiger partial charge in [0.05, 0.1) is 33.4 Å². The number of anilines is 1. The maximum Gasteiger partial charge on any atom is 0.278 e. The molecule has 27 heavy (non-hydrogen) atoms. The maximum atomic E-state index is 12.7. The number of H-pyrrole nitrogens is 1. The molecule has 144 valence electrons. The molecule has 1 saturated heterocycles. The predicted molar refractivity (Wildman–Crippen MR) is 105 cm³/mol. The molecule has 3 rings (SSSR count). The van der Waals surface area contributed by atoms with Gasteiger partial charge in [0, 0.05) is 11.6 Å². The van der Waals surface area contributed by atoms with Gasteiger partial charge in [0.15, 0.2) is 6.54 Å². The Balaban J connectivity index is 1.51. The van der Waals surface area contributed by atoms with Crippen LogP contribution in [0.15, 0.2) is 42.6 Å². The molecule has 1 atom stereocenters. The van der Waals surface area contributed by atoms with Crippen LogP contribution in [0.5, 0.6) is 5.75 Å². The molecule has 1 aromatic heterocycles. The smallest absolute Gasteiger partial charge is 0.278 e. The molecule has 0 spiro atoms. The Kier molecular flexibility index (Phi) is 6.29. The van der Waals surface area contributed by atoms with Crippen LogP contribution < -0.4 is 19.5 Å². The third-order valence-electron chi connectivity index (χ3n) is 5.05. The number of aryl methyl sites for hydroxylation is 1. The van der Waals surface area contributed by atoms with Crippen molar-refractivity contribution in [3.63, 3.8) is 0 Å². The number of likely N-dealkylation sites (N-methyl/N-ethyl adjacent to an activating group) is 1. The van der Waals surface area contributed by atoms with Gasteiger partial charge in [-0.2, -0.15) is 0 Å². The number of hydrogen-bond donors (Lipinski definition) is 1. The molecule has 6 nitrogen and oxygen atoms in total. The minimum atomic E-state index is 0.218. The highest BCUT2D eigenvalue weighted by atomic mass is 16.5. The average Bonchev–Trinajstić information content (AvgIpc) is 2.69. The molecule has 2 aromatic rings. The van der Waals surface area contributed by atoms with Crippen LogP contribution in [0.1, 0.15) is 11.1 Å². The highest BCUT2D eigenvalue weighted by molar-refractivity contribution is 5.77. The summed E-state index contributed by atoms with van der Waals surface area (Å²) in [5.74, 6) is 2.22. The van der Waals surface area contributed by atoms with E-state index >= 15 is 0 Å². The molecule has 1 unspecified atom stereocenters. The van der Waals surface area contributed by atoms with Crippen LogP contribution in [0, 0.1) is 6.92 Å². The number of pyridine rings is 1. The van der Waals surface area contributed by atoms with Crippen molar-refractivity contribution in [2.24, 2.45) is 0 Å². The van der Waals surface area contributed by atoms with Crippen molar-refractivity contribution in [1.82, 2.24) is 4.90 Å². The number of quaternary nitrogens is 1. The van der Waals surface area contributed by atoms with E-state index in [0.29, 0.717) is 6.54 Å². The van der Waals surface area contributed by atoms with Gasteiger partial charge < -0.3 is 14.5 Å². The number of carbonyl (C=O) groups is 1. The van der Waals surface area contributed by atoms with E-state index in [1.165, 1.54) is 10.5 Å². The predicted octanol–water partition coefficient (Wildman–Crippen LogP) is 0.181. The Hall–Kier alpha value is -2.60. The molecule has 2 N–H and O–H groups in total. The van der Waals surface area contributed by atoms with Crippen molar-refractivity contribution in [2.75, 3.05) is 51.8 Å². The summed E-state index contributed by atoms with van der Waals surface area (Å²) >= 11 is 0. The lowest BCUT2D eigenvalue weighted by Crippen LogP contribution is -3.09. The van der Waals surface area contributed by atoms with E-state index < -0.39 is 0 Å². The minimum absolute atomic E-state index is 0.218. The number of ether oxygens (including phenoxy) is 1. The second-order valence-corrected chi connectivity index (χ2v) is 7.24. The fourth-order valence-corrected chi connectivity index (χ4v) is 3.58. The van der Waals surface area contributed by atoms with Gasteiger partial charge in [0.2, 0.25) is 0 Å². The van der Waals surface area contributed by atoms with Crippen LogP contribution in [-0.4, -0.2) is 57.7 Å². The summed E-state index contributed by atoms with van der Waals surface area (Å²) in [5, 5.41) is 0. The quantitative estimate of drug-likeness (QED) is 0.789. The van der Waals surface area contributed by atoms with Crippen molar-refractivity contribution in [2.45, 2.75) is 13.5 Å². The molecule has 0 saturated carbocycles. The van der Waals surface area contributed by atoms with Gasteiger partial charge in [-0.15, -0.1) is 0 Å². The number of carbonyl (C=O) groups excluding carboxylic acids is 1. The largest absolute Gasteiger partial charge is 0.496 e. The molecule has 0 radical (unpaired) electrons. The Morgan fingerprint density at radius 1 is 1.19 bits per heavy atom. The third kappa shape index (κ3) is 4.98. The Labute approximate surface area is 161 Å². The van der Waals surface area contributed by atoms with Crippen LogP contribution >= 0.6 is 0 Å². The average molecular weight is 370 g/mol.